The summed E-state index contributed by atoms with van der Waals surface area (Å²) in [5, 5.41) is 7.10. The van der Waals surface area contributed by atoms with E-state index >= 15 is 0 Å². The lowest BCUT2D eigenvalue weighted by Crippen LogP contribution is -2.37. The second-order valence-electron chi connectivity index (χ2n) is 4.00. The van der Waals surface area contributed by atoms with Gasteiger partial charge in [0.15, 0.2) is 5.96 Å². The fourth-order valence-electron chi connectivity index (χ4n) is 1.66. The lowest BCUT2D eigenvalue weighted by molar-refractivity contribution is 0.414. The van der Waals surface area contributed by atoms with Gasteiger partial charge in [-0.1, -0.05) is 17.7 Å². The highest BCUT2D eigenvalue weighted by Gasteiger charge is 2.02. The lowest BCUT2D eigenvalue weighted by Gasteiger charge is -2.09. The van der Waals surface area contributed by atoms with Gasteiger partial charge in [-0.3, -0.25) is 4.99 Å². The Balaban J connectivity index is 2.58. The van der Waals surface area contributed by atoms with Gasteiger partial charge in [-0.2, -0.15) is 0 Å². The Hall–Kier alpha value is -1.42. The molecule has 0 atom stereocenters. The van der Waals surface area contributed by atoms with Gasteiger partial charge in [0.2, 0.25) is 0 Å². The average Bonchev–Trinajstić information content (AvgIpc) is 2.41. The van der Waals surface area contributed by atoms with E-state index in [0.717, 1.165) is 41.8 Å². The van der Waals surface area contributed by atoms with E-state index in [1.54, 1.807) is 7.11 Å². The predicted octanol–water partition coefficient (Wildman–Crippen LogP) is 2.47. The van der Waals surface area contributed by atoms with Crippen LogP contribution in [0.15, 0.2) is 23.2 Å². The maximum Gasteiger partial charge on any atom is 0.191 e. The van der Waals surface area contributed by atoms with Crippen LogP contribution in [0, 0.1) is 0 Å². The second kappa shape index (κ2) is 8.64. The zero-order chi connectivity index (χ0) is 14.1. The average molecular weight is 284 g/mol. The highest BCUT2D eigenvalue weighted by molar-refractivity contribution is 6.31. The number of nitrogens with zero attached hydrogens (tertiary/aromatic N) is 1. The van der Waals surface area contributed by atoms with Gasteiger partial charge in [0, 0.05) is 24.7 Å². The van der Waals surface area contributed by atoms with Crippen LogP contribution < -0.4 is 15.4 Å². The largest absolute Gasteiger partial charge is 0.497 e. The van der Waals surface area contributed by atoms with E-state index in [0.29, 0.717) is 6.54 Å². The standard InChI is InChI=1S/C14H22ClN3O/c1-4-16-14(17-5-2)18-9-8-11-6-7-12(19-3)10-13(11)15/h6-7,10H,4-5,8-9H2,1-3H3,(H2,16,17,18). The number of aliphatic imine (C=N–C) groups is 1. The second-order valence-corrected chi connectivity index (χ2v) is 4.41. The third-order valence-electron chi connectivity index (χ3n) is 2.60. The maximum absolute atomic E-state index is 6.19. The molecule has 5 heteroatoms. The molecule has 0 aromatic heterocycles. The molecular weight excluding hydrogens is 262 g/mol. The van der Waals surface area contributed by atoms with Crippen molar-refractivity contribution >= 4 is 17.6 Å². The van der Waals surface area contributed by atoms with Crippen molar-refractivity contribution in [3.05, 3.63) is 28.8 Å². The molecule has 1 aromatic rings. The molecule has 1 aromatic carbocycles. The Morgan fingerprint density at radius 3 is 2.47 bits per heavy atom. The van der Waals surface area contributed by atoms with Crippen molar-refractivity contribution in [1.29, 1.82) is 0 Å². The third-order valence-corrected chi connectivity index (χ3v) is 2.95. The molecular formula is C14H22ClN3O. The predicted molar refractivity (Wildman–Crippen MR) is 81.4 cm³/mol. The Bertz CT molecular complexity index is 413. The van der Waals surface area contributed by atoms with Crippen LogP contribution >= 0.6 is 11.6 Å². The quantitative estimate of drug-likeness (QED) is 0.623. The molecule has 0 aliphatic rings. The van der Waals surface area contributed by atoms with Gasteiger partial charge in [-0.25, -0.2) is 0 Å². The van der Waals surface area contributed by atoms with Crippen LogP contribution in [-0.4, -0.2) is 32.7 Å². The highest BCUT2D eigenvalue weighted by Crippen LogP contribution is 2.22. The topological polar surface area (TPSA) is 45.7 Å². The number of methoxy groups -OCH3 is 1. The van der Waals surface area contributed by atoms with Crippen LogP contribution in [0.3, 0.4) is 0 Å². The van der Waals surface area contributed by atoms with Crippen LogP contribution in [0.5, 0.6) is 5.75 Å². The van der Waals surface area contributed by atoms with Gasteiger partial charge < -0.3 is 15.4 Å². The van der Waals surface area contributed by atoms with E-state index in [-0.39, 0.29) is 0 Å². The van der Waals surface area contributed by atoms with Crippen molar-refractivity contribution in [3.8, 4) is 5.75 Å². The van der Waals surface area contributed by atoms with Crippen molar-refractivity contribution in [1.82, 2.24) is 10.6 Å². The van der Waals surface area contributed by atoms with E-state index in [1.165, 1.54) is 0 Å². The summed E-state index contributed by atoms with van der Waals surface area (Å²) in [4.78, 5) is 4.49. The molecule has 2 N–H and O–H groups in total. The minimum Gasteiger partial charge on any atom is -0.497 e. The van der Waals surface area contributed by atoms with E-state index in [1.807, 2.05) is 32.0 Å². The number of rotatable bonds is 6. The van der Waals surface area contributed by atoms with Crippen molar-refractivity contribution in [2.24, 2.45) is 4.99 Å². The van der Waals surface area contributed by atoms with E-state index in [9.17, 15) is 0 Å². The molecule has 0 radical (unpaired) electrons. The summed E-state index contributed by atoms with van der Waals surface area (Å²) < 4.78 is 5.12. The minimum absolute atomic E-state index is 0.696. The first kappa shape index (κ1) is 15.6. The molecule has 0 aliphatic heterocycles. The smallest absolute Gasteiger partial charge is 0.191 e. The summed E-state index contributed by atoms with van der Waals surface area (Å²) in [7, 11) is 1.63. The number of benzene rings is 1. The summed E-state index contributed by atoms with van der Waals surface area (Å²) in [6, 6.07) is 5.73. The van der Waals surface area contributed by atoms with E-state index < -0.39 is 0 Å². The van der Waals surface area contributed by atoms with Crippen molar-refractivity contribution < 1.29 is 4.74 Å². The number of hydrogen-bond donors (Lipinski definition) is 2. The van der Waals surface area contributed by atoms with Crippen LogP contribution in [0.2, 0.25) is 5.02 Å². The first-order chi connectivity index (χ1) is 9.21. The first-order valence-corrected chi connectivity index (χ1v) is 6.93. The summed E-state index contributed by atoms with van der Waals surface area (Å²) in [5.41, 5.74) is 1.08. The fourth-order valence-corrected chi connectivity index (χ4v) is 1.92. The Morgan fingerprint density at radius 2 is 1.95 bits per heavy atom. The summed E-state index contributed by atoms with van der Waals surface area (Å²) in [6.07, 6.45) is 0.809. The molecule has 0 amide bonds. The van der Waals surface area contributed by atoms with Gasteiger partial charge in [-0.15, -0.1) is 0 Å². The monoisotopic (exact) mass is 283 g/mol. The Labute approximate surface area is 120 Å². The summed E-state index contributed by atoms with van der Waals surface area (Å²) >= 11 is 6.19. The zero-order valence-electron chi connectivity index (χ0n) is 11.8. The molecule has 0 unspecified atom stereocenters. The molecule has 0 bridgehead atoms. The third kappa shape index (κ3) is 5.39. The lowest BCUT2D eigenvalue weighted by atomic mass is 10.1. The molecule has 19 heavy (non-hydrogen) atoms. The first-order valence-electron chi connectivity index (χ1n) is 6.55. The van der Waals surface area contributed by atoms with Gasteiger partial charge in [0.25, 0.3) is 0 Å². The van der Waals surface area contributed by atoms with Crippen LogP contribution in [0.4, 0.5) is 0 Å². The molecule has 0 aliphatic carbocycles. The Kier molecular flexibility index (Phi) is 7.11. The summed E-state index contributed by atoms with van der Waals surface area (Å²) in [5.74, 6) is 1.62. The van der Waals surface area contributed by atoms with Gasteiger partial charge in [-0.05, 0) is 38.0 Å². The number of hydrogen-bond acceptors (Lipinski definition) is 2. The van der Waals surface area contributed by atoms with Crippen LogP contribution in [0.25, 0.3) is 0 Å². The minimum atomic E-state index is 0.696. The molecule has 1 rings (SSSR count). The maximum atomic E-state index is 6.19. The van der Waals surface area contributed by atoms with Crippen LogP contribution in [0.1, 0.15) is 19.4 Å². The van der Waals surface area contributed by atoms with Crippen molar-refractivity contribution in [2.45, 2.75) is 20.3 Å². The number of guanidine groups is 1. The number of nitrogens with one attached hydrogen (secondary N) is 2. The fraction of sp³-hybridized carbons (Fsp3) is 0.500. The molecule has 0 fully saturated rings. The van der Waals surface area contributed by atoms with Gasteiger partial charge in [0.1, 0.15) is 5.75 Å². The highest BCUT2D eigenvalue weighted by atomic mass is 35.5. The van der Waals surface area contributed by atoms with E-state index in [4.69, 9.17) is 16.3 Å². The molecule has 0 saturated heterocycles. The van der Waals surface area contributed by atoms with Gasteiger partial charge >= 0.3 is 0 Å². The van der Waals surface area contributed by atoms with Crippen LogP contribution in [-0.2, 0) is 6.42 Å². The molecule has 0 spiro atoms. The van der Waals surface area contributed by atoms with Crippen molar-refractivity contribution in [2.75, 3.05) is 26.7 Å². The van der Waals surface area contributed by atoms with E-state index in [2.05, 4.69) is 15.6 Å². The zero-order valence-corrected chi connectivity index (χ0v) is 12.5. The molecule has 0 saturated carbocycles. The molecule has 4 nitrogen and oxygen atoms in total. The molecule has 0 heterocycles. The molecule has 106 valence electrons. The van der Waals surface area contributed by atoms with Gasteiger partial charge in [0.05, 0.1) is 7.11 Å². The summed E-state index contributed by atoms with van der Waals surface area (Å²) in [6.45, 7) is 6.51. The number of ether oxygens (including phenoxy) is 1. The Morgan fingerprint density at radius 1 is 1.26 bits per heavy atom. The normalized spacial score (nSPS) is 9.89. The number of halogens is 1. The van der Waals surface area contributed by atoms with Crippen molar-refractivity contribution in [3.63, 3.8) is 0 Å². The SMILES string of the molecule is CCNC(=NCCc1ccc(OC)cc1Cl)NCC.